The molecule has 3 N–H and O–H groups in total. The highest BCUT2D eigenvalue weighted by Crippen LogP contribution is 2.38. The molecule has 0 atom stereocenters. The molecule has 0 fully saturated rings. The molecule has 1 aromatic heterocycles. The first kappa shape index (κ1) is 23.9. The fourth-order valence-electron chi connectivity index (χ4n) is 4.00. The summed E-state index contributed by atoms with van der Waals surface area (Å²) in [5.74, 6) is -0.143. The number of halogens is 1. The van der Waals surface area contributed by atoms with Gasteiger partial charge in [0.1, 0.15) is 11.6 Å². The minimum atomic E-state index is -3.76. The van der Waals surface area contributed by atoms with Crippen LogP contribution in [0.3, 0.4) is 0 Å². The van der Waals surface area contributed by atoms with Crippen molar-refractivity contribution in [3.05, 3.63) is 71.3 Å². The van der Waals surface area contributed by atoms with E-state index in [0.29, 0.717) is 38.2 Å². The Morgan fingerprint density at radius 3 is 2.79 bits per heavy atom. The summed E-state index contributed by atoms with van der Waals surface area (Å²) >= 11 is 0. The molecule has 0 saturated carbocycles. The quantitative estimate of drug-likeness (QED) is 0.334. The maximum absolute atomic E-state index is 13.4. The van der Waals surface area contributed by atoms with Gasteiger partial charge in [0, 0.05) is 37.6 Å². The number of nitrogens with two attached hydrogens (primary N) is 1. The average molecular weight is 483 g/mol. The van der Waals surface area contributed by atoms with Crippen molar-refractivity contribution in [1.82, 2.24) is 9.71 Å². The van der Waals surface area contributed by atoms with E-state index in [1.807, 2.05) is 30.3 Å². The summed E-state index contributed by atoms with van der Waals surface area (Å²) in [6.07, 6.45) is 3.86. The van der Waals surface area contributed by atoms with Gasteiger partial charge in [-0.1, -0.05) is 30.0 Å². The van der Waals surface area contributed by atoms with Crippen LogP contribution in [0.4, 0.5) is 15.9 Å². The highest BCUT2D eigenvalue weighted by atomic mass is 32.2. The van der Waals surface area contributed by atoms with Crippen LogP contribution in [0, 0.1) is 5.82 Å². The van der Waals surface area contributed by atoms with Crippen LogP contribution in [0.2, 0.25) is 0 Å². The van der Waals surface area contributed by atoms with E-state index < -0.39 is 15.8 Å². The van der Waals surface area contributed by atoms with Gasteiger partial charge in [0.15, 0.2) is 0 Å². The zero-order valence-corrected chi connectivity index (χ0v) is 19.7. The van der Waals surface area contributed by atoms with E-state index in [0.717, 1.165) is 33.9 Å². The number of aromatic nitrogens is 1. The van der Waals surface area contributed by atoms with Crippen LogP contribution in [-0.4, -0.2) is 40.2 Å². The number of nitrogens with zero attached hydrogens (tertiary/aromatic N) is 2. The van der Waals surface area contributed by atoms with E-state index in [-0.39, 0.29) is 11.4 Å². The molecule has 34 heavy (non-hydrogen) atoms. The molecule has 9 heteroatoms. The van der Waals surface area contributed by atoms with Crippen molar-refractivity contribution >= 4 is 38.5 Å². The summed E-state index contributed by atoms with van der Waals surface area (Å²) in [4.78, 5) is 6.62. The standard InChI is InChI=1S/C25H27FN4O3S/c1-33-16-13-19-11-12-22-24(21-9-2-3-10-23(21)29-25(22)27)30(19)15-5-4-14-28-34(31,32)20-8-6-7-18(26)17-20/h2-3,6-10,12,17,28H,4-5,13-16H2,1H3,(H2,27,29). The number of para-hydroxylation sites is 1. The summed E-state index contributed by atoms with van der Waals surface area (Å²) in [6.45, 7) is 1.43. The minimum absolute atomic E-state index is 0.0816. The van der Waals surface area contributed by atoms with Crippen molar-refractivity contribution < 1.29 is 17.5 Å². The molecule has 1 aliphatic rings. The zero-order chi connectivity index (χ0) is 24.1. The van der Waals surface area contributed by atoms with Gasteiger partial charge in [-0.15, -0.1) is 0 Å². The van der Waals surface area contributed by atoms with Crippen molar-refractivity contribution in [1.29, 1.82) is 0 Å². The number of hydrogen-bond donors (Lipinski definition) is 2. The summed E-state index contributed by atoms with van der Waals surface area (Å²) in [5.41, 5.74) is 13.2. The number of ether oxygens (including phenoxy) is 1. The second-order valence-corrected chi connectivity index (χ2v) is 9.74. The Morgan fingerprint density at radius 1 is 1.18 bits per heavy atom. The molecule has 4 rings (SSSR count). The van der Waals surface area contributed by atoms with Crippen LogP contribution >= 0.6 is 0 Å². The van der Waals surface area contributed by atoms with E-state index in [1.54, 1.807) is 7.11 Å². The molecule has 3 aromatic rings. The van der Waals surface area contributed by atoms with Gasteiger partial charge < -0.3 is 15.4 Å². The minimum Gasteiger partial charge on any atom is -0.384 e. The Hall–Kier alpha value is -3.23. The second-order valence-electron chi connectivity index (χ2n) is 7.97. The lowest BCUT2D eigenvalue weighted by atomic mass is 10.0. The average Bonchev–Trinajstić information content (AvgIpc) is 2.83. The molecular weight excluding hydrogens is 455 g/mol. The largest absolute Gasteiger partial charge is 0.384 e. The molecule has 2 heterocycles. The molecule has 2 aromatic carbocycles. The molecule has 0 radical (unpaired) electrons. The maximum Gasteiger partial charge on any atom is 0.240 e. The number of hydrogen-bond acceptors (Lipinski definition) is 6. The van der Waals surface area contributed by atoms with Crippen molar-refractivity contribution in [3.63, 3.8) is 0 Å². The number of nitrogens with one attached hydrogen (secondary N) is 1. The molecule has 0 saturated heterocycles. The normalized spacial score (nSPS) is 13.2. The summed E-state index contributed by atoms with van der Waals surface area (Å²) in [6, 6.07) is 12.8. The van der Waals surface area contributed by atoms with Gasteiger partial charge >= 0.3 is 0 Å². The van der Waals surface area contributed by atoms with E-state index in [2.05, 4.69) is 20.3 Å². The smallest absolute Gasteiger partial charge is 0.240 e. The summed E-state index contributed by atoms with van der Waals surface area (Å²) < 4.78 is 46.1. The molecule has 0 amide bonds. The summed E-state index contributed by atoms with van der Waals surface area (Å²) in [7, 11) is -2.10. The van der Waals surface area contributed by atoms with Gasteiger partial charge in [0.05, 0.1) is 28.4 Å². The van der Waals surface area contributed by atoms with Crippen molar-refractivity contribution in [3.8, 4) is 0 Å². The molecular formula is C25H27FN4O3S. The predicted octanol–water partition coefficient (Wildman–Crippen LogP) is 4.07. The molecule has 1 aliphatic heterocycles. The lowest BCUT2D eigenvalue weighted by Crippen LogP contribution is -2.29. The van der Waals surface area contributed by atoms with Crippen LogP contribution in [-0.2, 0) is 14.8 Å². The van der Waals surface area contributed by atoms with E-state index >= 15 is 0 Å². The second kappa shape index (κ2) is 10.4. The molecule has 0 aliphatic carbocycles. The number of sulfonamides is 1. The van der Waals surface area contributed by atoms with Gasteiger partial charge in [0.25, 0.3) is 0 Å². The molecule has 7 nitrogen and oxygen atoms in total. The third-order valence-corrected chi connectivity index (χ3v) is 7.12. The van der Waals surface area contributed by atoms with Gasteiger partial charge in [-0.25, -0.2) is 22.5 Å². The number of fused-ring (bicyclic) bond motifs is 3. The number of benzene rings is 2. The number of unbranched alkanes of at least 4 members (excludes halogenated alkanes) is 1. The Morgan fingerprint density at radius 2 is 2.00 bits per heavy atom. The first-order valence-corrected chi connectivity index (χ1v) is 12.5. The fourth-order valence-corrected chi connectivity index (χ4v) is 5.11. The Labute approximate surface area is 198 Å². The highest BCUT2D eigenvalue weighted by molar-refractivity contribution is 7.89. The topological polar surface area (TPSA) is 97.6 Å². The summed E-state index contributed by atoms with van der Waals surface area (Å²) in [5, 5.41) is 0.992. The monoisotopic (exact) mass is 482 g/mol. The lowest BCUT2D eigenvalue weighted by Gasteiger charge is -2.31. The van der Waals surface area contributed by atoms with Gasteiger partial charge in [-0.3, -0.25) is 0 Å². The number of methoxy groups -OCH3 is 1. The van der Waals surface area contributed by atoms with E-state index in [4.69, 9.17) is 10.5 Å². The molecule has 0 unspecified atom stereocenters. The predicted molar refractivity (Wildman–Crippen MR) is 132 cm³/mol. The zero-order valence-electron chi connectivity index (χ0n) is 18.9. The highest BCUT2D eigenvalue weighted by Gasteiger charge is 2.23. The van der Waals surface area contributed by atoms with Crippen molar-refractivity contribution in [2.45, 2.75) is 24.2 Å². The van der Waals surface area contributed by atoms with Gasteiger partial charge in [0.2, 0.25) is 10.0 Å². The number of anilines is 2. The van der Waals surface area contributed by atoms with Crippen molar-refractivity contribution in [2.75, 3.05) is 37.4 Å². The van der Waals surface area contributed by atoms with Gasteiger partial charge in [-0.05, 0) is 43.2 Å². The number of rotatable bonds is 10. The fraction of sp³-hybridized carbons (Fsp3) is 0.280. The Kier molecular flexibility index (Phi) is 7.29. The first-order valence-electron chi connectivity index (χ1n) is 11.1. The molecule has 0 spiro atoms. The van der Waals surface area contributed by atoms with Crippen LogP contribution in [0.25, 0.3) is 17.0 Å². The SMILES string of the molecule is COCCC1=C=Cc2c(N)nc3ccccc3c2N1CCCCNS(=O)(=O)c1cccc(F)c1. The van der Waals surface area contributed by atoms with Crippen molar-refractivity contribution in [2.24, 2.45) is 0 Å². The number of pyridine rings is 1. The third kappa shape index (κ3) is 5.13. The lowest BCUT2D eigenvalue weighted by molar-refractivity contribution is 0.201. The van der Waals surface area contributed by atoms with Gasteiger partial charge in [-0.2, -0.15) is 0 Å². The molecule has 178 valence electrons. The Bertz CT molecular complexity index is 1370. The third-order valence-electron chi connectivity index (χ3n) is 5.66. The van der Waals surface area contributed by atoms with Crippen LogP contribution < -0.4 is 15.4 Å². The molecule has 0 bridgehead atoms. The first-order chi connectivity index (χ1) is 16.4. The van der Waals surface area contributed by atoms with Crippen LogP contribution in [0.1, 0.15) is 24.8 Å². The van der Waals surface area contributed by atoms with E-state index in [1.165, 1.54) is 18.2 Å². The Balaban J connectivity index is 1.50. The number of nitrogen functional groups attached to an aromatic ring is 1. The van der Waals surface area contributed by atoms with Crippen LogP contribution in [0.5, 0.6) is 0 Å². The van der Waals surface area contributed by atoms with E-state index in [9.17, 15) is 12.8 Å². The maximum atomic E-state index is 13.4. The van der Waals surface area contributed by atoms with Crippen LogP contribution in [0.15, 0.2) is 64.9 Å².